The molecule has 4 nitrogen and oxygen atoms in total. The second-order valence-corrected chi connectivity index (χ2v) is 23.3. The molecular formula is C76H64N3OPt-. The predicted octanol–water partition coefficient (Wildman–Crippen LogP) is 19.5. The summed E-state index contributed by atoms with van der Waals surface area (Å²) in [4.78, 5) is 10.8. The minimum absolute atomic E-state index is 0. The van der Waals surface area contributed by atoms with Crippen LogP contribution in [0.4, 0.5) is 0 Å². The van der Waals surface area contributed by atoms with Crippen molar-refractivity contribution >= 4 is 11.0 Å². The molecule has 81 heavy (non-hydrogen) atoms. The van der Waals surface area contributed by atoms with E-state index in [1.54, 1.807) is 0 Å². The van der Waals surface area contributed by atoms with Crippen LogP contribution in [-0.4, -0.2) is 19.6 Å². The van der Waals surface area contributed by atoms with Gasteiger partial charge < -0.3 is 5.11 Å². The fraction of sp³-hybridized carbons (Fsp3) is 0.132. The largest absolute Gasteiger partial charge is 0.507 e. The van der Waals surface area contributed by atoms with Gasteiger partial charge in [-0.15, -0.1) is 23.8 Å². The van der Waals surface area contributed by atoms with Crippen LogP contribution in [0.5, 0.6) is 5.75 Å². The Hall–Kier alpha value is -8.69. The van der Waals surface area contributed by atoms with Crippen LogP contribution in [0, 0.1) is 6.07 Å². The number of fused-ring (bicyclic) bond motifs is 1. The number of phenols is 1. The number of hydrogen-bond donors (Lipinski definition) is 1. The van der Waals surface area contributed by atoms with Gasteiger partial charge in [-0.1, -0.05) is 258 Å². The molecule has 0 bridgehead atoms. The zero-order valence-corrected chi connectivity index (χ0v) is 49.1. The minimum Gasteiger partial charge on any atom is -0.507 e. The van der Waals surface area contributed by atoms with Crippen molar-refractivity contribution in [1.29, 1.82) is 0 Å². The Labute approximate surface area is 491 Å². The number of pyridine rings is 1. The summed E-state index contributed by atoms with van der Waals surface area (Å²) in [5.41, 5.74) is 20.2. The molecule has 0 aliphatic rings. The Morgan fingerprint density at radius 3 is 1.47 bits per heavy atom. The SMILES string of the molecule is CC(C)(C)c1ccc(-n2c(-c3cc(C(C)(C)C)cc(-c4ccccc4)c3O)nc3c(-c4[c-]c(-c5cc(-c6ccc(C(C)(c7ccccc7)c7ccccc7)cc6)ccn5)cc(-c5ccccc5)c4)cccc32)c(-c2ccccc2)c1.[Pt]. The van der Waals surface area contributed by atoms with E-state index in [0.717, 1.165) is 89.2 Å². The molecule has 400 valence electrons. The first-order chi connectivity index (χ1) is 38.7. The standard InChI is InChI=1S/C76H64N3O.Pt/c1-74(2,3)62-40-41-69(65(48-62)53-26-15-9-16-27-53)79-70-35-23-34-64(71(70)78-73(79)67-50-63(75(4,5)6)49-66(72(67)80)54-28-17-10-18-29-54)57-44-56(51-24-13-8-14-25-51)45-58(46-57)68-47-55(42-43-77-68)52-36-38-61(39-37-52)76(7,59-30-19-11-20-31-59)60-32-21-12-22-33-60;/h8-45,47-50,80H,1-7H3;/q-1;. The number of aromatic hydroxyl groups is 1. The van der Waals surface area contributed by atoms with E-state index >= 15 is 0 Å². The molecule has 1 N–H and O–H groups in total. The summed E-state index contributed by atoms with van der Waals surface area (Å²) in [5.74, 6) is 0.818. The molecule has 0 amide bonds. The van der Waals surface area contributed by atoms with E-state index in [-0.39, 0.29) is 43.1 Å². The number of nitrogens with zero attached hydrogens (tertiary/aromatic N) is 3. The van der Waals surface area contributed by atoms with Crippen molar-refractivity contribution in [2.75, 3.05) is 0 Å². The average Bonchev–Trinajstić information content (AvgIpc) is 3.99. The molecule has 0 aliphatic heterocycles. The Balaban J connectivity index is 0.00000690. The number of benzene rings is 10. The zero-order valence-electron chi connectivity index (χ0n) is 46.9. The average molecular weight is 1230 g/mol. The second-order valence-electron chi connectivity index (χ2n) is 23.3. The molecule has 0 atom stereocenters. The summed E-state index contributed by atoms with van der Waals surface area (Å²) in [6, 6.07) is 92.0. The van der Waals surface area contributed by atoms with Crippen LogP contribution in [0.3, 0.4) is 0 Å². The predicted molar refractivity (Wildman–Crippen MR) is 333 cm³/mol. The van der Waals surface area contributed by atoms with E-state index in [4.69, 9.17) is 9.97 Å². The van der Waals surface area contributed by atoms with E-state index in [9.17, 15) is 5.11 Å². The van der Waals surface area contributed by atoms with Gasteiger partial charge >= 0.3 is 0 Å². The van der Waals surface area contributed by atoms with E-state index in [1.165, 1.54) is 22.3 Å². The Morgan fingerprint density at radius 2 is 0.877 bits per heavy atom. The molecule has 0 saturated heterocycles. The van der Waals surface area contributed by atoms with Crippen molar-refractivity contribution < 1.29 is 26.2 Å². The van der Waals surface area contributed by atoms with Crippen molar-refractivity contribution in [2.24, 2.45) is 0 Å². The number of rotatable bonds is 11. The molecule has 0 aliphatic carbocycles. The summed E-state index contributed by atoms with van der Waals surface area (Å²) in [6.07, 6.45) is 1.91. The summed E-state index contributed by atoms with van der Waals surface area (Å²) >= 11 is 0. The van der Waals surface area contributed by atoms with Crippen molar-refractivity contribution in [3.63, 3.8) is 0 Å². The van der Waals surface area contributed by atoms with Gasteiger partial charge in [0.05, 0.1) is 22.3 Å². The van der Waals surface area contributed by atoms with Crippen molar-refractivity contribution in [2.45, 2.75) is 64.7 Å². The number of imidazole rings is 1. The third-order valence-corrected chi connectivity index (χ3v) is 16.0. The molecule has 2 aromatic heterocycles. The van der Waals surface area contributed by atoms with Gasteiger partial charge in [-0.3, -0.25) is 9.55 Å². The third kappa shape index (κ3) is 10.5. The van der Waals surface area contributed by atoms with Crippen LogP contribution in [0.1, 0.15) is 76.3 Å². The van der Waals surface area contributed by atoms with Crippen molar-refractivity contribution in [1.82, 2.24) is 14.5 Å². The fourth-order valence-electron chi connectivity index (χ4n) is 11.3. The van der Waals surface area contributed by atoms with Gasteiger partial charge in [-0.05, 0) is 110 Å². The van der Waals surface area contributed by atoms with Gasteiger partial charge in [0.1, 0.15) is 11.6 Å². The summed E-state index contributed by atoms with van der Waals surface area (Å²) in [5, 5.41) is 12.8. The first kappa shape index (κ1) is 54.3. The molecule has 0 spiro atoms. The molecule has 0 radical (unpaired) electrons. The monoisotopic (exact) mass is 1230 g/mol. The number of phenolic OH excluding ortho intramolecular Hbond substituents is 1. The summed E-state index contributed by atoms with van der Waals surface area (Å²) < 4.78 is 2.27. The van der Waals surface area contributed by atoms with Gasteiger partial charge in [0.2, 0.25) is 0 Å². The van der Waals surface area contributed by atoms with E-state index in [2.05, 4.69) is 290 Å². The molecule has 2 heterocycles. The third-order valence-electron chi connectivity index (χ3n) is 16.0. The quantitative estimate of drug-likeness (QED) is 0.104. The Bertz CT molecular complexity index is 4140. The topological polar surface area (TPSA) is 50.9 Å². The number of hydrogen-bond acceptors (Lipinski definition) is 3. The van der Waals surface area contributed by atoms with Crippen molar-refractivity contribution in [3.8, 4) is 89.7 Å². The molecule has 10 aromatic carbocycles. The van der Waals surface area contributed by atoms with E-state index in [1.807, 2.05) is 24.4 Å². The number of aromatic nitrogens is 3. The van der Waals surface area contributed by atoms with Gasteiger partial charge in [0.25, 0.3) is 0 Å². The van der Waals surface area contributed by atoms with Crippen LogP contribution in [0.2, 0.25) is 0 Å². The molecule has 0 fully saturated rings. The Kier molecular flexibility index (Phi) is 14.8. The second kappa shape index (κ2) is 22.1. The summed E-state index contributed by atoms with van der Waals surface area (Å²) in [6.45, 7) is 15.8. The Morgan fingerprint density at radius 1 is 0.383 bits per heavy atom. The van der Waals surface area contributed by atoms with Gasteiger partial charge in [-0.2, -0.15) is 0 Å². The number of para-hydroxylation sites is 1. The normalized spacial score (nSPS) is 11.8. The first-order valence-corrected chi connectivity index (χ1v) is 27.7. The maximum atomic E-state index is 12.8. The zero-order chi connectivity index (χ0) is 55.2. The van der Waals surface area contributed by atoms with Gasteiger partial charge in [0.15, 0.2) is 0 Å². The molecule has 0 saturated carbocycles. The molecular weight excluding hydrogens is 1170 g/mol. The summed E-state index contributed by atoms with van der Waals surface area (Å²) in [7, 11) is 0. The fourth-order valence-corrected chi connectivity index (χ4v) is 11.3. The molecule has 12 aromatic rings. The first-order valence-electron chi connectivity index (χ1n) is 27.7. The molecule has 12 rings (SSSR count). The smallest absolute Gasteiger partial charge is 0.148 e. The maximum Gasteiger partial charge on any atom is 0.148 e. The van der Waals surface area contributed by atoms with Crippen LogP contribution in [0.15, 0.2) is 255 Å². The van der Waals surface area contributed by atoms with Crippen LogP contribution >= 0.6 is 0 Å². The van der Waals surface area contributed by atoms with Gasteiger partial charge in [-0.25, -0.2) is 4.98 Å². The van der Waals surface area contributed by atoms with Crippen LogP contribution in [-0.2, 0) is 37.3 Å². The van der Waals surface area contributed by atoms with Crippen molar-refractivity contribution in [3.05, 3.63) is 289 Å². The molecule has 5 heteroatoms. The van der Waals surface area contributed by atoms with Gasteiger partial charge in [0, 0.05) is 49.5 Å². The molecule has 0 unspecified atom stereocenters. The van der Waals surface area contributed by atoms with Crippen LogP contribution < -0.4 is 0 Å². The minimum atomic E-state index is -0.351. The van der Waals surface area contributed by atoms with Crippen LogP contribution in [0.25, 0.3) is 95.0 Å². The maximum absolute atomic E-state index is 12.8. The van der Waals surface area contributed by atoms with E-state index < -0.39 is 0 Å². The van der Waals surface area contributed by atoms with E-state index in [0.29, 0.717) is 11.4 Å².